The molecule has 25 heavy (non-hydrogen) atoms. The Morgan fingerprint density at radius 3 is 2.84 bits per heavy atom. The summed E-state index contributed by atoms with van der Waals surface area (Å²) in [6, 6.07) is 0. The van der Waals surface area contributed by atoms with E-state index in [9.17, 15) is 4.79 Å². The van der Waals surface area contributed by atoms with Crippen molar-refractivity contribution in [1.82, 2.24) is 20.5 Å². The third kappa shape index (κ3) is 6.65. The van der Waals surface area contributed by atoms with Crippen molar-refractivity contribution < 1.29 is 4.79 Å². The van der Waals surface area contributed by atoms with Gasteiger partial charge in [-0.2, -0.15) is 0 Å². The first-order valence-electron chi connectivity index (χ1n) is 9.33. The Hall–Kier alpha value is -1.63. The van der Waals surface area contributed by atoms with Crippen molar-refractivity contribution in [3.8, 4) is 0 Å². The van der Waals surface area contributed by atoms with E-state index in [0.717, 1.165) is 62.1 Å². The van der Waals surface area contributed by atoms with Crippen LogP contribution in [0, 0.1) is 13.8 Å². The number of guanidine groups is 1. The molecular weight excluding hydrogens is 334 g/mol. The van der Waals surface area contributed by atoms with Gasteiger partial charge in [-0.15, -0.1) is 11.3 Å². The van der Waals surface area contributed by atoms with Gasteiger partial charge < -0.3 is 15.5 Å². The molecule has 0 aliphatic carbocycles. The number of nitrogens with one attached hydrogen (secondary N) is 2. The summed E-state index contributed by atoms with van der Waals surface area (Å²) >= 11 is 1.71. The largest absolute Gasteiger partial charge is 0.357 e. The fourth-order valence-electron chi connectivity index (χ4n) is 2.96. The second kappa shape index (κ2) is 10.4. The molecule has 1 aromatic rings. The molecule has 0 saturated carbocycles. The van der Waals surface area contributed by atoms with Crippen LogP contribution in [0.15, 0.2) is 4.99 Å². The minimum atomic E-state index is 0.314. The lowest BCUT2D eigenvalue weighted by Gasteiger charge is -2.20. The lowest BCUT2D eigenvalue weighted by Crippen LogP contribution is -2.39. The van der Waals surface area contributed by atoms with Crippen molar-refractivity contribution in [2.45, 2.75) is 59.4 Å². The average molecular weight is 366 g/mol. The standard InChI is InChI=1S/C18H31N5OS/c1-4-19-18(21-13-16-14(2)22-15(3)25-16)20-10-8-12-23-11-7-5-6-9-17(23)24/h4-13H2,1-3H3,(H2,19,20,21). The van der Waals surface area contributed by atoms with E-state index >= 15 is 0 Å². The summed E-state index contributed by atoms with van der Waals surface area (Å²) in [4.78, 5) is 24.3. The van der Waals surface area contributed by atoms with Crippen molar-refractivity contribution in [3.05, 3.63) is 15.6 Å². The van der Waals surface area contributed by atoms with E-state index in [-0.39, 0.29) is 0 Å². The highest BCUT2D eigenvalue weighted by Crippen LogP contribution is 2.17. The van der Waals surface area contributed by atoms with Crippen molar-refractivity contribution in [1.29, 1.82) is 0 Å². The SMILES string of the molecule is CCNC(=NCc1sc(C)nc1C)NCCCN1CCCCCC1=O. The van der Waals surface area contributed by atoms with Gasteiger partial charge >= 0.3 is 0 Å². The Bertz CT molecular complexity index is 584. The number of rotatable bonds is 7. The van der Waals surface area contributed by atoms with Crippen LogP contribution in [0.2, 0.25) is 0 Å². The van der Waals surface area contributed by atoms with Gasteiger partial charge in [-0.05, 0) is 40.0 Å². The van der Waals surface area contributed by atoms with Crippen LogP contribution in [0.5, 0.6) is 0 Å². The average Bonchev–Trinajstić information content (AvgIpc) is 2.77. The number of hydrogen-bond donors (Lipinski definition) is 2. The summed E-state index contributed by atoms with van der Waals surface area (Å²) < 4.78 is 0. The summed E-state index contributed by atoms with van der Waals surface area (Å²) in [5.74, 6) is 1.14. The van der Waals surface area contributed by atoms with Gasteiger partial charge in [-0.1, -0.05) is 6.42 Å². The quantitative estimate of drug-likeness (QED) is 0.443. The smallest absolute Gasteiger partial charge is 0.222 e. The molecular formula is C18H31N5OS. The van der Waals surface area contributed by atoms with Crippen molar-refractivity contribution >= 4 is 23.2 Å². The maximum atomic E-state index is 12.0. The zero-order valence-electron chi connectivity index (χ0n) is 15.7. The second-order valence-corrected chi connectivity index (χ2v) is 7.70. The minimum absolute atomic E-state index is 0.314. The molecule has 2 rings (SSSR count). The molecule has 1 aliphatic rings. The Balaban J connectivity index is 1.77. The van der Waals surface area contributed by atoms with Gasteiger partial charge in [0.05, 0.1) is 17.2 Å². The predicted molar refractivity (Wildman–Crippen MR) is 104 cm³/mol. The number of hydrogen-bond acceptors (Lipinski definition) is 4. The summed E-state index contributed by atoms with van der Waals surface area (Å²) in [6.45, 7) is 10.2. The predicted octanol–water partition coefficient (Wildman–Crippen LogP) is 2.61. The number of carbonyl (C=O) groups excluding carboxylic acids is 1. The van der Waals surface area contributed by atoms with E-state index in [1.54, 1.807) is 11.3 Å². The monoisotopic (exact) mass is 365 g/mol. The molecule has 0 unspecified atom stereocenters. The van der Waals surface area contributed by atoms with Gasteiger partial charge in [0.1, 0.15) is 0 Å². The van der Waals surface area contributed by atoms with Crippen LogP contribution in [0.4, 0.5) is 0 Å². The Kier molecular flexibility index (Phi) is 8.18. The highest BCUT2D eigenvalue weighted by molar-refractivity contribution is 7.11. The lowest BCUT2D eigenvalue weighted by molar-refractivity contribution is -0.130. The number of thiazole rings is 1. The van der Waals surface area contributed by atoms with Gasteiger partial charge in [0, 0.05) is 37.5 Å². The van der Waals surface area contributed by atoms with E-state index in [2.05, 4.69) is 27.5 Å². The molecule has 2 N–H and O–H groups in total. The Morgan fingerprint density at radius 1 is 1.28 bits per heavy atom. The normalized spacial score (nSPS) is 16.0. The Morgan fingerprint density at radius 2 is 2.12 bits per heavy atom. The van der Waals surface area contributed by atoms with Crippen molar-refractivity contribution in [2.24, 2.45) is 4.99 Å². The third-order valence-corrected chi connectivity index (χ3v) is 5.35. The van der Waals surface area contributed by atoms with E-state index < -0.39 is 0 Å². The van der Waals surface area contributed by atoms with Crippen molar-refractivity contribution in [2.75, 3.05) is 26.2 Å². The number of likely N-dealkylation sites (tertiary alicyclic amines) is 1. The maximum absolute atomic E-state index is 12.0. The second-order valence-electron chi connectivity index (χ2n) is 6.41. The fraction of sp³-hybridized carbons (Fsp3) is 0.722. The number of amides is 1. The van der Waals surface area contributed by atoms with E-state index in [4.69, 9.17) is 0 Å². The highest BCUT2D eigenvalue weighted by Gasteiger charge is 2.15. The molecule has 1 fully saturated rings. The van der Waals surface area contributed by atoms with E-state index in [1.165, 1.54) is 11.3 Å². The van der Waals surface area contributed by atoms with Gasteiger partial charge in [0.25, 0.3) is 0 Å². The molecule has 1 saturated heterocycles. The number of aliphatic imine (C=N–C) groups is 1. The molecule has 0 bridgehead atoms. The molecule has 7 heteroatoms. The zero-order chi connectivity index (χ0) is 18.1. The third-order valence-electron chi connectivity index (χ3n) is 4.29. The summed E-state index contributed by atoms with van der Waals surface area (Å²) in [5.41, 5.74) is 1.07. The molecule has 0 radical (unpaired) electrons. The number of nitrogens with zero attached hydrogens (tertiary/aromatic N) is 3. The number of aryl methyl sites for hydroxylation is 2. The first kappa shape index (κ1) is 19.7. The van der Waals surface area contributed by atoms with Crippen molar-refractivity contribution in [3.63, 3.8) is 0 Å². The molecule has 0 atom stereocenters. The van der Waals surface area contributed by atoms with E-state index in [1.807, 2.05) is 18.7 Å². The minimum Gasteiger partial charge on any atom is -0.357 e. The summed E-state index contributed by atoms with van der Waals surface area (Å²) in [5, 5.41) is 7.74. The first-order chi connectivity index (χ1) is 12.1. The summed E-state index contributed by atoms with van der Waals surface area (Å²) in [6.07, 6.45) is 5.01. The highest BCUT2D eigenvalue weighted by atomic mass is 32.1. The maximum Gasteiger partial charge on any atom is 0.222 e. The topological polar surface area (TPSA) is 69.6 Å². The number of carbonyl (C=O) groups is 1. The Labute approximate surface area is 155 Å². The van der Waals surface area contributed by atoms with Gasteiger partial charge in [-0.3, -0.25) is 4.79 Å². The van der Waals surface area contributed by atoms with Crippen LogP contribution in [0.25, 0.3) is 0 Å². The van der Waals surface area contributed by atoms with E-state index in [0.29, 0.717) is 18.9 Å². The van der Waals surface area contributed by atoms with Gasteiger partial charge in [0.2, 0.25) is 5.91 Å². The molecule has 2 heterocycles. The van der Waals surface area contributed by atoms with Gasteiger partial charge in [-0.25, -0.2) is 9.98 Å². The van der Waals surface area contributed by atoms with Crippen LogP contribution in [0.3, 0.4) is 0 Å². The van der Waals surface area contributed by atoms with Crippen LogP contribution in [0.1, 0.15) is 54.6 Å². The zero-order valence-corrected chi connectivity index (χ0v) is 16.5. The van der Waals surface area contributed by atoms with Crippen LogP contribution in [-0.2, 0) is 11.3 Å². The van der Waals surface area contributed by atoms with Crippen LogP contribution < -0.4 is 10.6 Å². The summed E-state index contributed by atoms with van der Waals surface area (Å²) in [7, 11) is 0. The van der Waals surface area contributed by atoms with Gasteiger partial charge in [0.15, 0.2) is 5.96 Å². The molecule has 0 spiro atoms. The van der Waals surface area contributed by atoms with Crippen LogP contribution in [-0.4, -0.2) is 47.9 Å². The lowest BCUT2D eigenvalue weighted by atomic mass is 10.2. The first-order valence-corrected chi connectivity index (χ1v) is 10.1. The number of aromatic nitrogens is 1. The van der Waals surface area contributed by atoms with Crippen LogP contribution >= 0.6 is 11.3 Å². The molecule has 1 aliphatic heterocycles. The molecule has 1 aromatic heterocycles. The molecule has 140 valence electrons. The molecule has 6 nitrogen and oxygen atoms in total. The fourth-order valence-corrected chi connectivity index (χ4v) is 3.83. The molecule has 0 aromatic carbocycles. The molecule has 1 amide bonds.